The molecule has 1 saturated carbocycles. The van der Waals surface area contributed by atoms with Gasteiger partial charge in [-0.05, 0) is 88.8 Å². The fraction of sp³-hybridized carbons (Fsp3) is 0.971. The van der Waals surface area contributed by atoms with Crippen molar-refractivity contribution in [3.05, 3.63) is 0 Å². The molecule has 0 aromatic heterocycles. The predicted octanol–water partition coefficient (Wildman–Crippen LogP) is 9.08. The van der Waals surface area contributed by atoms with Crippen molar-refractivity contribution in [2.24, 2.45) is 17.3 Å². The average molecular weight is 536 g/mol. The third-order valence-corrected chi connectivity index (χ3v) is 9.56. The van der Waals surface area contributed by atoms with E-state index in [9.17, 15) is 4.79 Å². The molecular weight excluding hydrogens is 470 g/mol. The Morgan fingerprint density at radius 3 is 2.05 bits per heavy atom. The standard InChI is InChI=1S/C34H65NO3/c1-3-5-7-9-10-12-19-32(18-11-8-6-4-2)33(37)38-30-16-23-34(22-15-17-31-20-21-31)24-27-35(28-25-34)26-13-14-29-36/h31-32,36H,3-30H2,1-2H3. The minimum atomic E-state index is 0.0940. The van der Waals surface area contributed by atoms with Crippen LogP contribution < -0.4 is 0 Å². The summed E-state index contributed by atoms with van der Waals surface area (Å²) in [5.41, 5.74) is 0.451. The van der Waals surface area contributed by atoms with Gasteiger partial charge in [0.2, 0.25) is 0 Å². The first-order valence-corrected chi connectivity index (χ1v) is 17.1. The van der Waals surface area contributed by atoms with Gasteiger partial charge < -0.3 is 14.7 Å². The van der Waals surface area contributed by atoms with Crippen LogP contribution in [-0.4, -0.2) is 48.8 Å². The number of unbranched alkanes of at least 4 members (excludes halogenated alkanes) is 9. The van der Waals surface area contributed by atoms with Crippen LogP contribution in [0.4, 0.5) is 0 Å². The Bertz CT molecular complexity index is 568. The highest BCUT2D eigenvalue weighted by Crippen LogP contribution is 2.43. The van der Waals surface area contributed by atoms with Crippen LogP contribution in [0.15, 0.2) is 0 Å². The molecule has 4 nitrogen and oxygen atoms in total. The number of carbonyl (C=O) groups is 1. The van der Waals surface area contributed by atoms with E-state index in [1.165, 1.54) is 129 Å². The molecule has 224 valence electrons. The van der Waals surface area contributed by atoms with Crippen LogP contribution in [0, 0.1) is 17.3 Å². The van der Waals surface area contributed by atoms with E-state index in [0.717, 1.165) is 44.6 Å². The molecule has 0 aromatic carbocycles. The molecule has 2 aliphatic rings. The van der Waals surface area contributed by atoms with Crippen molar-refractivity contribution < 1.29 is 14.6 Å². The van der Waals surface area contributed by atoms with Gasteiger partial charge in [0.25, 0.3) is 0 Å². The van der Waals surface area contributed by atoms with Crippen molar-refractivity contribution in [3.8, 4) is 0 Å². The van der Waals surface area contributed by atoms with Crippen LogP contribution in [0.3, 0.4) is 0 Å². The average Bonchev–Trinajstić information content (AvgIpc) is 3.75. The molecule has 1 unspecified atom stereocenters. The van der Waals surface area contributed by atoms with E-state index in [1.54, 1.807) is 0 Å². The smallest absolute Gasteiger partial charge is 0.308 e. The predicted molar refractivity (Wildman–Crippen MR) is 161 cm³/mol. The highest BCUT2D eigenvalue weighted by Gasteiger charge is 2.34. The zero-order valence-corrected chi connectivity index (χ0v) is 25.7. The number of aliphatic hydroxyl groups is 1. The molecule has 38 heavy (non-hydrogen) atoms. The molecule has 1 atom stereocenters. The van der Waals surface area contributed by atoms with Crippen molar-refractivity contribution >= 4 is 5.97 Å². The van der Waals surface area contributed by atoms with Gasteiger partial charge in [0.1, 0.15) is 0 Å². The van der Waals surface area contributed by atoms with Gasteiger partial charge in [0.05, 0.1) is 12.5 Å². The van der Waals surface area contributed by atoms with Gasteiger partial charge in [-0.25, -0.2) is 0 Å². The fourth-order valence-electron chi connectivity index (χ4n) is 6.60. The van der Waals surface area contributed by atoms with E-state index in [4.69, 9.17) is 9.84 Å². The largest absolute Gasteiger partial charge is 0.465 e. The van der Waals surface area contributed by atoms with Crippen LogP contribution >= 0.6 is 0 Å². The number of nitrogens with zero attached hydrogens (tertiary/aromatic N) is 1. The van der Waals surface area contributed by atoms with Crippen molar-refractivity contribution in [1.29, 1.82) is 0 Å². The number of esters is 1. The summed E-state index contributed by atoms with van der Waals surface area (Å²) in [6.07, 6.45) is 28.7. The molecule has 1 aliphatic heterocycles. The minimum Gasteiger partial charge on any atom is -0.465 e. The van der Waals surface area contributed by atoms with Crippen molar-refractivity contribution in [2.45, 2.75) is 162 Å². The summed E-state index contributed by atoms with van der Waals surface area (Å²) in [7, 11) is 0. The molecule has 2 rings (SSSR count). The Morgan fingerprint density at radius 1 is 0.816 bits per heavy atom. The maximum absolute atomic E-state index is 13.1. The molecule has 1 aliphatic carbocycles. The number of ether oxygens (including phenoxy) is 1. The van der Waals surface area contributed by atoms with E-state index < -0.39 is 0 Å². The maximum atomic E-state index is 13.1. The van der Waals surface area contributed by atoms with Gasteiger partial charge in [0.15, 0.2) is 0 Å². The summed E-state index contributed by atoms with van der Waals surface area (Å²) in [6, 6.07) is 0. The molecule has 0 radical (unpaired) electrons. The quantitative estimate of drug-likeness (QED) is 0.0935. The minimum absolute atomic E-state index is 0.0940. The number of rotatable bonds is 25. The fourth-order valence-corrected chi connectivity index (χ4v) is 6.60. The zero-order chi connectivity index (χ0) is 27.3. The highest BCUT2D eigenvalue weighted by atomic mass is 16.5. The van der Waals surface area contributed by atoms with E-state index in [-0.39, 0.29) is 11.9 Å². The first kappa shape index (κ1) is 33.6. The lowest BCUT2D eigenvalue weighted by molar-refractivity contribution is -0.149. The summed E-state index contributed by atoms with van der Waals surface area (Å²) in [6.45, 7) is 8.99. The Labute approximate surface area is 237 Å². The zero-order valence-electron chi connectivity index (χ0n) is 25.7. The Hall–Kier alpha value is -0.610. The molecule has 0 amide bonds. The number of aliphatic hydroxyl groups excluding tert-OH is 1. The van der Waals surface area contributed by atoms with Gasteiger partial charge in [-0.15, -0.1) is 0 Å². The summed E-state index contributed by atoms with van der Waals surface area (Å²) in [4.78, 5) is 15.7. The van der Waals surface area contributed by atoms with Crippen LogP contribution in [0.5, 0.6) is 0 Å². The first-order valence-electron chi connectivity index (χ1n) is 17.1. The number of hydrogen-bond acceptors (Lipinski definition) is 4. The van der Waals surface area contributed by atoms with Gasteiger partial charge in [-0.2, -0.15) is 0 Å². The Balaban J connectivity index is 1.75. The molecule has 1 heterocycles. The molecule has 4 heteroatoms. The molecule has 0 bridgehead atoms. The summed E-state index contributed by atoms with van der Waals surface area (Å²) < 4.78 is 5.96. The van der Waals surface area contributed by atoms with Crippen LogP contribution in [0.25, 0.3) is 0 Å². The lowest BCUT2D eigenvalue weighted by Crippen LogP contribution is -2.40. The van der Waals surface area contributed by atoms with Gasteiger partial charge >= 0.3 is 5.97 Å². The third kappa shape index (κ3) is 15.2. The van der Waals surface area contributed by atoms with E-state index in [2.05, 4.69) is 18.7 Å². The second kappa shape index (κ2) is 21.2. The molecule has 1 N–H and O–H groups in total. The topological polar surface area (TPSA) is 49.8 Å². The number of carbonyl (C=O) groups excluding carboxylic acids is 1. The van der Waals surface area contributed by atoms with Crippen molar-refractivity contribution in [1.82, 2.24) is 4.90 Å². The second-order valence-corrected chi connectivity index (χ2v) is 13.0. The molecule has 2 fully saturated rings. The number of piperidine rings is 1. The molecular formula is C34H65NO3. The maximum Gasteiger partial charge on any atom is 0.308 e. The lowest BCUT2D eigenvalue weighted by atomic mass is 9.71. The first-order chi connectivity index (χ1) is 18.6. The van der Waals surface area contributed by atoms with Gasteiger partial charge in [0, 0.05) is 6.61 Å². The highest BCUT2D eigenvalue weighted by molar-refractivity contribution is 5.72. The summed E-state index contributed by atoms with van der Waals surface area (Å²) >= 11 is 0. The van der Waals surface area contributed by atoms with E-state index in [1.807, 2.05) is 0 Å². The van der Waals surface area contributed by atoms with E-state index >= 15 is 0 Å². The Kier molecular flexibility index (Phi) is 18.7. The van der Waals surface area contributed by atoms with Gasteiger partial charge in [-0.3, -0.25) is 4.79 Å². The third-order valence-electron chi connectivity index (χ3n) is 9.56. The Morgan fingerprint density at radius 2 is 1.42 bits per heavy atom. The number of hydrogen-bond donors (Lipinski definition) is 1. The SMILES string of the molecule is CCCCCCCCC(CCCCCC)C(=O)OCCCC1(CCCC2CC2)CCN(CCCCO)CC1. The van der Waals surface area contributed by atoms with E-state index in [0.29, 0.717) is 18.6 Å². The number of likely N-dealkylation sites (tertiary alicyclic amines) is 1. The van der Waals surface area contributed by atoms with Crippen molar-refractivity contribution in [2.75, 3.05) is 32.8 Å². The van der Waals surface area contributed by atoms with Crippen LogP contribution in [0.2, 0.25) is 0 Å². The van der Waals surface area contributed by atoms with Crippen molar-refractivity contribution in [3.63, 3.8) is 0 Å². The molecule has 1 saturated heterocycles. The van der Waals surface area contributed by atoms with Crippen LogP contribution in [-0.2, 0) is 9.53 Å². The second-order valence-electron chi connectivity index (χ2n) is 13.0. The normalized spacial score (nSPS) is 18.5. The monoisotopic (exact) mass is 535 g/mol. The van der Waals surface area contributed by atoms with Crippen LogP contribution in [0.1, 0.15) is 162 Å². The molecule has 0 aromatic rings. The van der Waals surface area contributed by atoms with Gasteiger partial charge in [-0.1, -0.05) is 104 Å². The lowest BCUT2D eigenvalue weighted by Gasteiger charge is -2.42. The summed E-state index contributed by atoms with van der Waals surface area (Å²) in [5, 5.41) is 9.11. The molecule has 0 spiro atoms. The summed E-state index contributed by atoms with van der Waals surface area (Å²) in [5.74, 6) is 1.23.